The number of halogens is 1. The summed E-state index contributed by atoms with van der Waals surface area (Å²) >= 11 is 3.30. The highest BCUT2D eigenvalue weighted by molar-refractivity contribution is 9.10. The van der Waals surface area contributed by atoms with Crippen LogP contribution in [0.2, 0.25) is 0 Å². The lowest BCUT2D eigenvalue weighted by molar-refractivity contribution is 0.0317. The van der Waals surface area contributed by atoms with Gasteiger partial charge in [0.1, 0.15) is 11.3 Å². The highest BCUT2D eigenvalue weighted by atomic mass is 79.9. The second-order valence-corrected chi connectivity index (χ2v) is 5.22. The van der Waals surface area contributed by atoms with E-state index in [2.05, 4.69) is 15.9 Å². The number of furan rings is 1. The van der Waals surface area contributed by atoms with E-state index in [9.17, 15) is 9.59 Å². The molecule has 0 bridgehead atoms. The summed E-state index contributed by atoms with van der Waals surface area (Å²) in [6, 6.07) is 8.41. The number of carbonyl (C=O) groups is 2. The summed E-state index contributed by atoms with van der Waals surface area (Å²) in [5, 5.41) is 0. The third-order valence-electron chi connectivity index (χ3n) is 2.86. The van der Waals surface area contributed by atoms with E-state index in [0.29, 0.717) is 16.9 Å². The van der Waals surface area contributed by atoms with Gasteiger partial charge < -0.3 is 9.15 Å². The molecule has 0 spiro atoms. The maximum Gasteiger partial charge on any atom is 0.342 e. The van der Waals surface area contributed by atoms with Gasteiger partial charge in [0, 0.05) is 10.0 Å². The Bertz CT molecular complexity index is 628. The molecule has 1 aromatic carbocycles. The molecule has 1 atom stereocenters. The van der Waals surface area contributed by atoms with Crippen molar-refractivity contribution in [2.45, 2.75) is 20.0 Å². The van der Waals surface area contributed by atoms with Crippen molar-refractivity contribution in [3.63, 3.8) is 0 Å². The molecule has 20 heavy (non-hydrogen) atoms. The molecule has 4 nitrogen and oxygen atoms in total. The summed E-state index contributed by atoms with van der Waals surface area (Å²) in [7, 11) is 0. The van der Waals surface area contributed by atoms with E-state index in [1.54, 1.807) is 38.1 Å². The number of esters is 1. The van der Waals surface area contributed by atoms with Gasteiger partial charge in [0.2, 0.25) is 5.78 Å². The number of ether oxygens (including phenoxy) is 1. The molecule has 0 N–H and O–H groups in total. The van der Waals surface area contributed by atoms with Crippen molar-refractivity contribution in [1.82, 2.24) is 0 Å². The SMILES string of the molecule is Cc1occc1C(=O)O[C@H](C)C(=O)c1ccc(Br)cc1. The minimum atomic E-state index is -0.849. The van der Waals surface area contributed by atoms with E-state index in [0.717, 1.165) is 4.47 Å². The lowest BCUT2D eigenvalue weighted by Gasteiger charge is -2.12. The van der Waals surface area contributed by atoms with E-state index < -0.39 is 12.1 Å². The quantitative estimate of drug-likeness (QED) is 0.629. The molecule has 1 aromatic heterocycles. The lowest BCUT2D eigenvalue weighted by atomic mass is 10.1. The Morgan fingerprint density at radius 1 is 1.20 bits per heavy atom. The van der Waals surface area contributed by atoms with Crippen molar-refractivity contribution < 1.29 is 18.7 Å². The first-order valence-electron chi connectivity index (χ1n) is 6.04. The highest BCUT2D eigenvalue weighted by Crippen LogP contribution is 2.15. The molecule has 2 rings (SSSR count). The molecule has 0 radical (unpaired) electrons. The summed E-state index contributed by atoms with van der Waals surface area (Å²) < 4.78 is 11.1. The van der Waals surface area contributed by atoms with Gasteiger partial charge in [-0.3, -0.25) is 4.79 Å². The topological polar surface area (TPSA) is 56.5 Å². The van der Waals surface area contributed by atoms with Gasteiger partial charge in [0.25, 0.3) is 0 Å². The molecule has 0 fully saturated rings. The third kappa shape index (κ3) is 3.17. The van der Waals surface area contributed by atoms with Crippen LogP contribution in [0.4, 0.5) is 0 Å². The summed E-state index contributed by atoms with van der Waals surface area (Å²) in [6.07, 6.45) is 0.561. The second-order valence-electron chi connectivity index (χ2n) is 4.31. The number of aryl methyl sites for hydroxylation is 1. The number of hydrogen-bond acceptors (Lipinski definition) is 4. The number of hydrogen-bond donors (Lipinski definition) is 0. The summed E-state index contributed by atoms with van der Waals surface area (Å²) in [6.45, 7) is 3.22. The minimum Gasteiger partial charge on any atom is -0.469 e. The Kier molecular flexibility index (Phi) is 4.39. The summed E-state index contributed by atoms with van der Waals surface area (Å²) in [5.41, 5.74) is 0.831. The Morgan fingerprint density at radius 3 is 2.40 bits per heavy atom. The second kappa shape index (κ2) is 6.05. The van der Waals surface area contributed by atoms with Crippen LogP contribution >= 0.6 is 15.9 Å². The molecule has 0 saturated heterocycles. The smallest absolute Gasteiger partial charge is 0.342 e. The first kappa shape index (κ1) is 14.5. The van der Waals surface area contributed by atoms with E-state index in [4.69, 9.17) is 9.15 Å². The van der Waals surface area contributed by atoms with Crippen molar-refractivity contribution in [3.8, 4) is 0 Å². The molecule has 104 valence electrons. The van der Waals surface area contributed by atoms with Gasteiger partial charge in [-0.15, -0.1) is 0 Å². The lowest BCUT2D eigenvalue weighted by Crippen LogP contribution is -2.24. The predicted molar refractivity (Wildman–Crippen MR) is 76.8 cm³/mol. The number of rotatable bonds is 4. The van der Waals surface area contributed by atoms with E-state index in [1.165, 1.54) is 12.3 Å². The zero-order valence-corrected chi connectivity index (χ0v) is 12.6. The largest absolute Gasteiger partial charge is 0.469 e. The zero-order valence-electron chi connectivity index (χ0n) is 11.1. The number of carbonyl (C=O) groups excluding carboxylic acids is 2. The Morgan fingerprint density at radius 2 is 1.85 bits per heavy atom. The zero-order chi connectivity index (χ0) is 14.7. The summed E-state index contributed by atoms with van der Waals surface area (Å²) in [4.78, 5) is 24.0. The fraction of sp³-hybridized carbons (Fsp3) is 0.200. The van der Waals surface area contributed by atoms with Crippen LogP contribution in [-0.4, -0.2) is 17.9 Å². The maximum atomic E-state index is 12.1. The van der Waals surface area contributed by atoms with Crippen LogP contribution in [0.25, 0.3) is 0 Å². The van der Waals surface area contributed by atoms with Gasteiger partial charge in [0.05, 0.1) is 6.26 Å². The van der Waals surface area contributed by atoms with E-state index >= 15 is 0 Å². The van der Waals surface area contributed by atoms with Gasteiger partial charge >= 0.3 is 5.97 Å². The number of ketones is 1. The summed E-state index contributed by atoms with van der Waals surface area (Å²) in [5.74, 6) is -0.334. The number of Topliss-reactive ketones (excluding diaryl/α,β-unsaturated/α-hetero) is 1. The Balaban J connectivity index is 2.06. The van der Waals surface area contributed by atoms with Gasteiger partial charge in [-0.2, -0.15) is 0 Å². The predicted octanol–water partition coefficient (Wildman–Crippen LogP) is 3.78. The molecule has 0 amide bonds. The van der Waals surface area contributed by atoms with Crippen molar-refractivity contribution in [2.24, 2.45) is 0 Å². The molecular weight excluding hydrogens is 324 g/mol. The van der Waals surface area contributed by atoms with Gasteiger partial charge in [0.15, 0.2) is 6.10 Å². The first-order chi connectivity index (χ1) is 9.49. The average Bonchev–Trinajstić information content (AvgIpc) is 2.85. The van der Waals surface area contributed by atoms with Crippen molar-refractivity contribution in [3.05, 3.63) is 58.0 Å². The normalized spacial score (nSPS) is 11.9. The first-order valence-corrected chi connectivity index (χ1v) is 6.83. The van der Waals surface area contributed by atoms with Crippen molar-refractivity contribution in [1.29, 1.82) is 0 Å². The fourth-order valence-electron chi connectivity index (χ4n) is 1.72. The Hall–Kier alpha value is -1.88. The van der Waals surface area contributed by atoms with Gasteiger partial charge in [-0.05, 0) is 32.0 Å². The number of benzene rings is 1. The van der Waals surface area contributed by atoms with Gasteiger partial charge in [-0.25, -0.2) is 4.79 Å². The van der Waals surface area contributed by atoms with Crippen LogP contribution in [0.5, 0.6) is 0 Å². The van der Waals surface area contributed by atoms with Crippen LogP contribution in [-0.2, 0) is 4.74 Å². The third-order valence-corrected chi connectivity index (χ3v) is 3.39. The van der Waals surface area contributed by atoms with E-state index in [-0.39, 0.29) is 5.78 Å². The molecule has 0 aliphatic heterocycles. The van der Waals surface area contributed by atoms with E-state index in [1.807, 2.05) is 0 Å². The molecule has 5 heteroatoms. The molecule has 2 aromatic rings. The van der Waals surface area contributed by atoms with Crippen molar-refractivity contribution >= 4 is 27.7 Å². The van der Waals surface area contributed by atoms with Crippen LogP contribution in [0.3, 0.4) is 0 Å². The molecule has 0 unspecified atom stereocenters. The fourth-order valence-corrected chi connectivity index (χ4v) is 1.99. The molecule has 0 aliphatic rings. The molecule has 1 heterocycles. The van der Waals surface area contributed by atoms with Crippen LogP contribution < -0.4 is 0 Å². The monoisotopic (exact) mass is 336 g/mol. The Labute approximate surface area is 124 Å². The van der Waals surface area contributed by atoms with Crippen LogP contribution in [0, 0.1) is 6.92 Å². The standard InChI is InChI=1S/C15H13BrO4/c1-9-13(7-8-19-9)15(18)20-10(2)14(17)11-3-5-12(16)6-4-11/h3-8,10H,1-2H3/t10-/m1/s1. The van der Waals surface area contributed by atoms with Crippen LogP contribution in [0.15, 0.2) is 45.5 Å². The van der Waals surface area contributed by atoms with Crippen LogP contribution in [0.1, 0.15) is 33.4 Å². The maximum absolute atomic E-state index is 12.1. The van der Waals surface area contributed by atoms with Crippen molar-refractivity contribution in [2.75, 3.05) is 0 Å². The minimum absolute atomic E-state index is 0.244. The average molecular weight is 337 g/mol. The molecule has 0 aliphatic carbocycles. The van der Waals surface area contributed by atoms with Gasteiger partial charge in [-0.1, -0.05) is 28.1 Å². The molecule has 0 saturated carbocycles. The highest BCUT2D eigenvalue weighted by Gasteiger charge is 2.22. The molecular formula is C15H13BrO4.